The monoisotopic (exact) mass is 227 g/mol. The highest BCUT2D eigenvalue weighted by Crippen LogP contribution is 1.93. The summed E-state index contributed by atoms with van der Waals surface area (Å²) >= 11 is 0. The van der Waals surface area contributed by atoms with E-state index < -0.39 is 0 Å². The van der Waals surface area contributed by atoms with E-state index in [0.717, 1.165) is 0 Å². The van der Waals surface area contributed by atoms with E-state index in [2.05, 4.69) is 0 Å². The predicted octanol–water partition coefficient (Wildman–Crippen LogP) is -0.914. The third kappa shape index (κ3) is 13.7. The number of hydrogen-bond donors (Lipinski definition) is 3. The zero-order chi connectivity index (χ0) is 11.9. The summed E-state index contributed by atoms with van der Waals surface area (Å²) < 4.78 is 0. The van der Waals surface area contributed by atoms with Crippen molar-refractivity contribution in [2.24, 2.45) is 0 Å². The molecule has 0 aromatic heterocycles. The lowest BCUT2D eigenvalue weighted by atomic mass is 10.8. The minimum atomic E-state index is -0.179. The molecule has 0 fully saturated rings. The minimum Gasteiger partial charge on any atom is -0.394 e. The predicted molar refractivity (Wildman–Crippen MR) is 52.3 cm³/mol. The van der Waals surface area contributed by atoms with Crippen LogP contribution in [0, 0.1) is 0 Å². The van der Waals surface area contributed by atoms with Crippen LogP contribution in [0.25, 0.3) is 0 Å². The highest BCUT2D eigenvalue weighted by atomic mass is 17.2. The molecule has 0 amide bonds. The van der Waals surface area contributed by atoms with Gasteiger partial charge in [-0.05, 0) is 0 Å². The average Bonchev–Trinajstić information content (AvgIpc) is 2.31. The zero-order valence-corrected chi connectivity index (χ0v) is 9.26. The Kier molecular flexibility index (Phi) is 18.5. The van der Waals surface area contributed by atoms with Gasteiger partial charge in [0.1, 0.15) is 0 Å². The Labute approximate surface area is 89.6 Å². The van der Waals surface area contributed by atoms with Crippen LogP contribution in [0.5, 0.6) is 0 Å². The lowest BCUT2D eigenvalue weighted by molar-refractivity contribution is -0.527. The smallest absolute Gasteiger partial charge is 0.0967 e. The molecule has 0 atom stereocenters. The van der Waals surface area contributed by atoms with Gasteiger partial charge in [0, 0.05) is 0 Å². The molecule has 3 N–H and O–H groups in total. The van der Waals surface area contributed by atoms with Crippen molar-refractivity contribution in [2.75, 3.05) is 39.6 Å². The van der Waals surface area contributed by atoms with Crippen LogP contribution in [-0.2, 0) is 14.5 Å². The van der Waals surface area contributed by atoms with Crippen molar-refractivity contribution in [1.29, 1.82) is 0 Å². The van der Waals surface area contributed by atoms with Crippen LogP contribution in [0.4, 0.5) is 0 Å². The van der Waals surface area contributed by atoms with E-state index in [0.29, 0.717) is 5.39 Å². The maximum atomic E-state index is 8.40. The molecule has 0 unspecified atom stereocenters. The van der Waals surface area contributed by atoms with Gasteiger partial charge >= 0.3 is 0 Å². The number of nitrogens with zero attached hydrogens (tertiary/aromatic N) is 1. The minimum absolute atomic E-state index is 0.0108. The molecule has 0 aliphatic rings. The summed E-state index contributed by atoms with van der Waals surface area (Å²) in [6.45, 7) is 3.50. The standard InChI is InChI=1S/C6H15NO6.C2H6/c8-1-4-11-7(12-5-2-9)13-6-3-10;1-2/h8-10H,1-6H2;1-2H3. The fourth-order valence-electron chi connectivity index (χ4n) is 0.458. The lowest BCUT2D eigenvalue weighted by Crippen LogP contribution is -2.28. The van der Waals surface area contributed by atoms with E-state index >= 15 is 0 Å². The molecular formula is C8H21NO6. The Morgan fingerprint density at radius 2 is 1.00 bits per heavy atom. The van der Waals surface area contributed by atoms with Gasteiger partial charge in [-0.2, -0.15) is 0 Å². The van der Waals surface area contributed by atoms with E-state index in [1.807, 2.05) is 13.8 Å². The fourth-order valence-corrected chi connectivity index (χ4v) is 0.458. The Morgan fingerprint density at radius 3 is 1.20 bits per heavy atom. The van der Waals surface area contributed by atoms with Crippen LogP contribution < -0.4 is 0 Å². The zero-order valence-electron chi connectivity index (χ0n) is 9.26. The van der Waals surface area contributed by atoms with Crippen molar-refractivity contribution >= 4 is 0 Å². The first kappa shape index (κ1) is 17.1. The molecule has 0 saturated carbocycles. The Balaban J connectivity index is 0. The highest BCUT2D eigenvalue weighted by Gasteiger charge is 2.05. The van der Waals surface area contributed by atoms with E-state index in [1.54, 1.807) is 0 Å². The Morgan fingerprint density at radius 1 is 0.733 bits per heavy atom. The Hall–Kier alpha value is -0.280. The van der Waals surface area contributed by atoms with Crippen LogP contribution in [0.2, 0.25) is 0 Å². The average molecular weight is 227 g/mol. The van der Waals surface area contributed by atoms with Gasteiger partial charge in [-0.15, -0.1) is 0 Å². The SMILES string of the molecule is CC.OCCON(OCCO)OCCO. The van der Waals surface area contributed by atoms with Crippen LogP contribution in [-0.4, -0.2) is 60.4 Å². The Bertz CT molecular complexity index is 86.1. The third-order valence-corrected chi connectivity index (χ3v) is 0.864. The van der Waals surface area contributed by atoms with Gasteiger partial charge in [0.2, 0.25) is 0 Å². The molecular weight excluding hydrogens is 206 g/mol. The third-order valence-electron chi connectivity index (χ3n) is 0.864. The lowest BCUT2D eigenvalue weighted by Gasteiger charge is -2.17. The number of hydrogen-bond acceptors (Lipinski definition) is 7. The molecule has 15 heavy (non-hydrogen) atoms. The molecule has 0 spiro atoms. The summed E-state index contributed by atoms with van der Waals surface area (Å²) in [5.41, 5.74) is 0. The van der Waals surface area contributed by atoms with Crippen LogP contribution in [0.15, 0.2) is 0 Å². The second kappa shape index (κ2) is 16.2. The van der Waals surface area contributed by atoms with Crippen LogP contribution >= 0.6 is 0 Å². The van der Waals surface area contributed by atoms with Crippen molar-refractivity contribution in [2.45, 2.75) is 13.8 Å². The molecule has 0 aliphatic heterocycles. The first-order valence-electron chi connectivity index (χ1n) is 4.86. The van der Waals surface area contributed by atoms with Gasteiger partial charge < -0.3 is 15.3 Å². The molecule has 0 aromatic carbocycles. The molecule has 0 saturated heterocycles. The van der Waals surface area contributed by atoms with Crippen molar-refractivity contribution in [1.82, 2.24) is 5.39 Å². The van der Waals surface area contributed by atoms with Crippen molar-refractivity contribution in [3.8, 4) is 0 Å². The van der Waals surface area contributed by atoms with Gasteiger partial charge in [-0.1, -0.05) is 13.8 Å². The molecule has 94 valence electrons. The summed E-state index contributed by atoms with van der Waals surface area (Å²) in [5.74, 6) is 0. The van der Waals surface area contributed by atoms with Crippen LogP contribution in [0.3, 0.4) is 0 Å². The largest absolute Gasteiger partial charge is 0.394 e. The maximum Gasteiger partial charge on any atom is 0.0967 e. The molecule has 0 rings (SSSR count). The maximum absolute atomic E-state index is 8.40. The summed E-state index contributed by atoms with van der Waals surface area (Å²) in [5, 5.41) is 25.9. The molecule has 0 aromatic rings. The number of aliphatic hydroxyl groups excluding tert-OH is 3. The van der Waals surface area contributed by atoms with Gasteiger partial charge in [0.25, 0.3) is 0 Å². The topological polar surface area (TPSA) is 91.6 Å². The fraction of sp³-hybridized carbons (Fsp3) is 1.00. The van der Waals surface area contributed by atoms with E-state index in [4.69, 9.17) is 29.8 Å². The first-order valence-corrected chi connectivity index (χ1v) is 4.86. The molecule has 0 heterocycles. The molecule has 0 radical (unpaired) electrons. The molecule has 0 aliphatic carbocycles. The summed E-state index contributed by atoms with van der Waals surface area (Å²) in [6.07, 6.45) is 0. The van der Waals surface area contributed by atoms with Gasteiger partial charge in [0.05, 0.1) is 45.0 Å². The number of rotatable bonds is 9. The van der Waals surface area contributed by atoms with Gasteiger partial charge in [-0.3, -0.25) is 0 Å². The first-order chi connectivity index (χ1) is 7.35. The van der Waals surface area contributed by atoms with E-state index in [-0.39, 0.29) is 39.6 Å². The van der Waals surface area contributed by atoms with Gasteiger partial charge in [0.15, 0.2) is 0 Å². The molecule has 0 bridgehead atoms. The number of aliphatic hydroxyl groups is 3. The second-order valence-corrected chi connectivity index (χ2v) is 1.89. The van der Waals surface area contributed by atoms with Crippen molar-refractivity contribution < 1.29 is 29.8 Å². The summed E-state index contributed by atoms with van der Waals surface area (Å²) in [6, 6.07) is 0. The molecule has 7 nitrogen and oxygen atoms in total. The van der Waals surface area contributed by atoms with E-state index in [9.17, 15) is 0 Å². The molecule has 7 heteroatoms. The van der Waals surface area contributed by atoms with E-state index in [1.165, 1.54) is 0 Å². The summed E-state index contributed by atoms with van der Waals surface area (Å²) in [7, 11) is 0. The van der Waals surface area contributed by atoms with Gasteiger partial charge in [-0.25, -0.2) is 14.5 Å². The second-order valence-electron chi connectivity index (χ2n) is 1.89. The normalized spacial score (nSPS) is 10.0. The van der Waals surface area contributed by atoms with Crippen molar-refractivity contribution in [3.05, 3.63) is 0 Å². The quantitative estimate of drug-likeness (QED) is 0.439. The highest BCUT2D eigenvalue weighted by molar-refractivity contribution is 4.19. The summed E-state index contributed by atoms with van der Waals surface area (Å²) in [4.78, 5) is 14.1. The van der Waals surface area contributed by atoms with Crippen LogP contribution in [0.1, 0.15) is 13.8 Å². The van der Waals surface area contributed by atoms with Crippen molar-refractivity contribution in [3.63, 3.8) is 0 Å².